The zero-order chi connectivity index (χ0) is 26.3. The summed E-state index contributed by atoms with van der Waals surface area (Å²) in [5.41, 5.74) is 1.36. The molecule has 2 aromatic carbocycles. The van der Waals surface area contributed by atoms with Crippen molar-refractivity contribution in [3.63, 3.8) is 0 Å². The molecule has 8 nitrogen and oxygen atoms in total. The van der Waals surface area contributed by atoms with Crippen LogP contribution in [0.2, 0.25) is 0 Å². The zero-order valence-electron chi connectivity index (χ0n) is 19.6. The quantitative estimate of drug-likeness (QED) is 0.480. The molecule has 0 saturated carbocycles. The highest BCUT2D eigenvalue weighted by Gasteiger charge is 2.54. The number of benzene rings is 2. The standard InChI is InChI=1S/C26H25F3N4O4/c27-26(28,29)19-18-20(15-11-13-32(14-12-15)25(36)37)31-33(23(18)30-24(35)22(19)34)21(16-7-3-1-4-8-16)17-9-5-2-6-10-17/h1-10,15,19,21-22,34H,11-14H2,(H,30,35)(H,36,37). The number of hydrogen-bond acceptors (Lipinski definition) is 4. The molecule has 0 radical (unpaired) electrons. The summed E-state index contributed by atoms with van der Waals surface area (Å²) < 4.78 is 44.5. The second kappa shape index (κ2) is 9.55. The third kappa shape index (κ3) is 4.55. The van der Waals surface area contributed by atoms with Crippen molar-refractivity contribution in [3.8, 4) is 0 Å². The molecule has 0 spiro atoms. The molecule has 2 aliphatic rings. The van der Waals surface area contributed by atoms with Crippen LogP contribution in [0.4, 0.5) is 23.8 Å². The number of amides is 2. The normalized spacial score (nSPS) is 20.6. The summed E-state index contributed by atoms with van der Waals surface area (Å²) in [7, 11) is 0. The van der Waals surface area contributed by atoms with Crippen molar-refractivity contribution in [2.24, 2.45) is 0 Å². The molecule has 11 heteroatoms. The molecule has 2 aliphatic heterocycles. The van der Waals surface area contributed by atoms with Gasteiger partial charge in [0.2, 0.25) is 0 Å². The molecule has 0 aliphatic carbocycles. The molecular formula is C26H25F3N4O4. The van der Waals surface area contributed by atoms with E-state index >= 15 is 0 Å². The van der Waals surface area contributed by atoms with E-state index in [-0.39, 0.29) is 43.0 Å². The summed E-state index contributed by atoms with van der Waals surface area (Å²) in [6.45, 7) is 0.294. The van der Waals surface area contributed by atoms with Crippen LogP contribution < -0.4 is 5.32 Å². The van der Waals surface area contributed by atoms with Crippen molar-refractivity contribution in [2.45, 2.75) is 43.0 Å². The van der Waals surface area contributed by atoms with Crippen molar-refractivity contribution >= 4 is 17.8 Å². The van der Waals surface area contributed by atoms with Crippen LogP contribution in [0, 0.1) is 0 Å². The fourth-order valence-corrected chi connectivity index (χ4v) is 5.32. The maximum Gasteiger partial charge on any atom is 0.407 e. The molecule has 3 N–H and O–H groups in total. The number of aliphatic hydroxyl groups is 1. The summed E-state index contributed by atoms with van der Waals surface area (Å²) >= 11 is 0. The minimum Gasteiger partial charge on any atom is -0.465 e. The van der Waals surface area contributed by atoms with Gasteiger partial charge in [0, 0.05) is 24.6 Å². The van der Waals surface area contributed by atoms with Gasteiger partial charge in [0.15, 0.2) is 0 Å². The number of aromatic nitrogens is 2. The molecule has 1 fully saturated rings. The summed E-state index contributed by atoms with van der Waals surface area (Å²) in [6, 6.07) is 17.6. The van der Waals surface area contributed by atoms with Gasteiger partial charge in [-0.05, 0) is 24.0 Å². The number of carbonyl (C=O) groups is 2. The fraction of sp³-hybridized carbons (Fsp3) is 0.346. The van der Waals surface area contributed by atoms with Crippen molar-refractivity contribution in [1.82, 2.24) is 14.7 Å². The molecule has 2 amide bonds. The van der Waals surface area contributed by atoms with E-state index in [9.17, 15) is 33.0 Å². The number of rotatable bonds is 4. The molecule has 37 heavy (non-hydrogen) atoms. The Balaban J connectivity index is 1.71. The van der Waals surface area contributed by atoms with Gasteiger partial charge in [-0.2, -0.15) is 18.3 Å². The lowest BCUT2D eigenvalue weighted by Crippen LogP contribution is -2.45. The average molecular weight is 515 g/mol. The van der Waals surface area contributed by atoms with Gasteiger partial charge < -0.3 is 20.4 Å². The van der Waals surface area contributed by atoms with Crippen LogP contribution in [0.3, 0.4) is 0 Å². The van der Waals surface area contributed by atoms with E-state index < -0.39 is 42.2 Å². The highest BCUT2D eigenvalue weighted by molar-refractivity contribution is 5.97. The largest absolute Gasteiger partial charge is 0.465 e. The Kier molecular flexibility index (Phi) is 6.40. The number of nitrogens with one attached hydrogen (secondary N) is 1. The number of halogens is 3. The van der Waals surface area contributed by atoms with Crippen LogP contribution in [0.15, 0.2) is 60.7 Å². The van der Waals surface area contributed by atoms with E-state index in [0.29, 0.717) is 0 Å². The number of anilines is 1. The highest BCUT2D eigenvalue weighted by Crippen LogP contribution is 2.49. The van der Waals surface area contributed by atoms with E-state index in [1.54, 1.807) is 0 Å². The van der Waals surface area contributed by atoms with E-state index in [4.69, 9.17) is 5.10 Å². The number of carboxylic acid groups (broad SMARTS) is 1. The number of piperidine rings is 1. The molecule has 194 valence electrons. The van der Waals surface area contributed by atoms with Crippen LogP contribution in [-0.4, -0.2) is 62.3 Å². The number of aliphatic hydroxyl groups excluding tert-OH is 1. The van der Waals surface area contributed by atoms with E-state index in [1.165, 1.54) is 9.58 Å². The average Bonchev–Trinajstić information content (AvgIpc) is 3.23. The van der Waals surface area contributed by atoms with Gasteiger partial charge in [0.1, 0.15) is 23.9 Å². The molecule has 1 aromatic heterocycles. The highest BCUT2D eigenvalue weighted by atomic mass is 19.4. The van der Waals surface area contributed by atoms with Gasteiger partial charge >= 0.3 is 12.3 Å². The molecule has 0 bridgehead atoms. The Hall–Kier alpha value is -3.86. The third-order valence-electron chi connectivity index (χ3n) is 7.09. The SMILES string of the molecule is O=C1Nc2c(c(C3CCN(C(=O)O)CC3)nn2C(c2ccccc2)c2ccccc2)C(C(F)(F)F)C1O. The van der Waals surface area contributed by atoms with Crippen LogP contribution >= 0.6 is 0 Å². The van der Waals surface area contributed by atoms with Crippen molar-refractivity contribution < 1.29 is 33.0 Å². The summed E-state index contributed by atoms with van der Waals surface area (Å²) in [6.07, 6.45) is -7.78. The van der Waals surface area contributed by atoms with Crippen molar-refractivity contribution in [2.75, 3.05) is 18.4 Å². The van der Waals surface area contributed by atoms with Gasteiger partial charge in [-0.15, -0.1) is 0 Å². The Morgan fingerprint density at radius 3 is 2.03 bits per heavy atom. The van der Waals surface area contributed by atoms with Crippen LogP contribution in [0.5, 0.6) is 0 Å². The fourth-order valence-electron chi connectivity index (χ4n) is 5.32. The molecule has 1 saturated heterocycles. The van der Waals surface area contributed by atoms with Gasteiger partial charge in [0.05, 0.1) is 5.69 Å². The predicted molar refractivity (Wildman–Crippen MR) is 127 cm³/mol. The van der Waals surface area contributed by atoms with Crippen LogP contribution in [-0.2, 0) is 4.79 Å². The molecule has 3 aromatic rings. The number of fused-ring (bicyclic) bond motifs is 1. The topological polar surface area (TPSA) is 108 Å². The van der Waals surface area contributed by atoms with Crippen LogP contribution in [0.1, 0.15) is 53.1 Å². The van der Waals surface area contributed by atoms with Gasteiger partial charge in [-0.3, -0.25) is 4.79 Å². The Labute approximate surface area is 210 Å². The second-order valence-electron chi connectivity index (χ2n) is 9.31. The number of nitrogens with zero attached hydrogens (tertiary/aromatic N) is 3. The first kappa shape index (κ1) is 24.8. The number of hydrogen-bond donors (Lipinski definition) is 3. The lowest BCUT2D eigenvalue weighted by Gasteiger charge is -2.33. The summed E-state index contributed by atoms with van der Waals surface area (Å²) in [4.78, 5) is 25.2. The lowest BCUT2D eigenvalue weighted by molar-refractivity contribution is -0.177. The Bertz CT molecular complexity index is 1250. The van der Waals surface area contributed by atoms with E-state index in [2.05, 4.69) is 5.32 Å². The zero-order valence-corrected chi connectivity index (χ0v) is 19.6. The maximum atomic E-state index is 14.4. The van der Waals surface area contributed by atoms with Gasteiger partial charge in [-0.25, -0.2) is 9.48 Å². The summed E-state index contributed by atoms with van der Waals surface area (Å²) in [5.74, 6) is -4.19. The van der Waals surface area contributed by atoms with Gasteiger partial charge in [0.25, 0.3) is 5.91 Å². The van der Waals surface area contributed by atoms with Crippen molar-refractivity contribution in [1.29, 1.82) is 0 Å². The van der Waals surface area contributed by atoms with Crippen LogP contribution in [0.25, 0.3) is 0 Å². The number of alkyl halides is 3. The first-order valence-electron chi connectivity index (χ1n) is 11.9. The maximum absolute atomic E-state index is 14.4. The van der Waals surface area contributed by atoms with E-state index in [0.717, 1.165) is 11.1 Å². The Morgan fingerprint density at radius 1 is 1.00 bits per heavy atom. The predicted octanol–water partition coefficient (Wildman–Crippen LogP) is 4.34. The molecule has 5 rings (SSSR count). The number of likely N-dealkylation sites (tertiary alicyclic amines) is 1. The molecular weight excluding hydrogens is 489 g/mol. The van der Waals surface area contributed by atoms with E-state index in [1.807, 2.05) is 60.7 Å². The Morgan fingerprint density at radius 2 is 1.54 bits per heavy atom. The second-order valence-corrected chi connectivity index (χ2v) is 9.31. The smallest absolute Gasteiger partial charge is 0.407 e. The summed E-state index contributed by atoms with van der Waals surface area (Å²) in [5, 5.41) is 26.9. The monoisotopic (exact) mass is 514 g/mol. The molecule has 2 unspecified atom stereocenters. The molecule has 3 heterocycles. The van der Waals surface area contributed by atoms with Gasteiger partial charge in [-0.1, -0.05) is 60.7 Å². The third-order valence-corrected chi connectivity index (χ3v) is 7.09. The van der Waals surface area contributed by atoms with Crippen molar-refractivity contribution in [3.05, 3.63) is 83.0 Å². The first-order valence-corrected chi connectivity index (χ1v) is 11.9. The first-order chi connectivity index (χ1) is 17.7. The lowest BCUT2D eigenvalue weighted by atomic mass is 9.83. The number of carbonyl (C=O) groups excluding carboxylic acids is 1. The minimum absolute atomic E-state index is 0.106. The molecule has 2 atom stereocenters. The minimum atomic E-state index is -4.91.